The Hall–Kier alpha value is -2.44. The van der Waals surface area contributed by atoms with Crippen molar-refractivity contribution in [2.75, 3.05) is 6.54 Å². The van der Waals surface area contributed by atoms with Crippen molar-refractivity contribution in [3.8, 4) is 0 Å². The molecule has 1 aliphatic heterocycles. The van der Waals surface area contributed by atoms with E-state index in [1.54, 1.807) is 12.1 Å². The van der Waals surface area contributed by atoms with E-state index in [4.69, 9.17) is 0 Å². The van der Waals surface area contributed by atoms with Gasteiger partial charge in [0, 0.05) is 6.54 Å². The van der Waals surface area contributed by atoms with Crippen LogP contribution in [-0.4, -0.2) is 34.8 Å². The second-order valence-electron chi connectivity index (χ2n) is 6.84. The van der Waals surface area contributed by atoms with Crippen molar-refractivity contribution in [2.45, 2.75) is 44.7 Å². The summed E-state index contributed by atoms with van der Waals surface area (Å²) in [5.74, 6) is -1.01. The molecular weight excluding hydrogens is 325 g/mol. The molecule has 0 bridgehead atoms. The monoisotopic (exact) mass is 347 g/mol. The number of hydrogen-bond donors (Lipinski definition) is 2. The van der Waals surface area contributed by atoms with Gasteiger partial charge < -0.3 is 10.6 Å². The standard InChI is InChI=1S/C18H22FN3O3/c1-12-4-2-3-9-18(12)16(24)22(17(25)21-18)11-15(23)20-10-13-5-7-14(19)8-6-13/h5-8,12H,2-4,9-11H2,1H3,(H,20,23)(H,21,25)/t12-,18+/m1/s1. The SMILES string of the molecule is C[C@@H]1CCCC[C@]12NC(=O)N(CC(=O)NCc1ccc(F)cc1)C2=O. The normalized spacial score (nSPS) is 26.0. The molecule has 1 spiro atoms. The molecule has 134 valence electrons. The number of halogens is 1. The zero-order chi connectivity index (χ0) is 18.0. The molecule has 1 saturated carbocycles. The third-order valence-corrected chi connectivity index (χ3v) is 5.21. The fourth-order valence-corrected chi connectivity index (χ4v) is 3.64. The molecule has 1 saturated heterocycles. The lowest BCUT2D eigenvalue weighted by Crippen LogP contribution is -2.54. The van der Waals surface area contributed by atoms with E-state index in [1.165, 1.54) is 12.1 Å². The number of hydrogen-bond acceptors (Lipinski definition) is 3. The average Bonchev–Trinajstić information content (AvgIpc) is 2.82. The van der Waals surface area contributed by atoms with E-state index in [9.17, 15) is 18.8 Å². The number of nitrogens with zero attached hydrogens (tertiary/aromatic N) is 1. The maximum atomic E-state index is 12.9. The largest absolute Gasteiger partial charge is 0.350 e. The fraction of sp³-hybridized carbons (Fsp3) is 0.500. The zero-order valence-corrected chi connectivity index (χ0v) is 14.2. The summed E-state index contributed by atoms with van der Waals surface area (Å²) >= 11 is 0. The molecule has 6 nitrogen and oxygen atoms in total. The molecule has 2 N–H and O–H groups in total. The van der Waals surface area contributed by atoms with Gasteiger partial charge in [0.05, 0.1) is 0 Å². The Morgan fingerprint density at radius 1 is 1.32 bits per heavy atom. The highest BCUT2D eigenvalue weighted by Crippen LogP contribution is 2.38. The minimum Gasteiger partial charge on any atom is -0.350 e. The molecule has 1 aliphatic carbocycles. The van der Waals surface area contributed by atoms with Gasteiger partial charge in [0.25, 0.3) is 5.91 Å². The van der Waals surface area contributed by atoms with Crippen LogP contribution in [0.2, 0.25) is 0 Å². The van der Waals surface area contributed by atoms with Crippen LogP contribution in [-0.2, 0) is 16.1 Å². The molecule has 2 aliphatic rings. The van der Waals surface area contributed by atoms with E-state index in [2.05, 4.69) is 10.6 Å². The van der Waals surface area contributed by atoms with Crippen molar-refractivity contribution in [3.63, 3.8) is 0 Å². The number of nitrogens with one attached hydrogen (secondary N) is 2. The molecule has 1 heterocycles. The van der Waals surface area contributed by atoms with E-state index >= 15 is 0 Å². The highest BCUT2D eigenvalue weighted by Gasteiger charge is 2.55. The zero-order valence-electron chi connectivity index (χ0n) is 14.2. The fourth-order valence-electron chi connectivity index (χ4n) is 3.64. The molecule has 4 amide bonds. The maximum Gasteiger partial charge on any atom is 0.325 e. The van der Waals surface area contributed by atoms with Crippen molar-refractivity contribution in [2.24, 2.45) is 5.92 Å². The van der Waals surface area contributed by atoms with Crippen LogP contribution >= 0.6 is 0 Å². The summed E-state index contributed by atoms with van der Waals surface area (Å²) in [4.78, 5) is 38.1. The first-order chi connectivity index (χ1) is 11.9. The number of imide groups is 1. The van der Waals surface area contributed by atoms with Crippen LogP contribution in [0, 0.1) is 11.7 Å². The van der Waals surface area contributed by atoms with Gasteiger partial charge in [-0.05, 0) is 36.5 Å². The van der Waals surface area contributed by atoms with Crippen LogP contribution in [0.25, 0.3) is 0 Å². The van der Waals surface area contributed by atoms with Crippen molar-refractivity contribution in [1.82, 2.24) is 15.5 Å². The van der Waals surface area contributed by atoms with Gasteiger partial charge in [0.1, 0.15) is 17.9 Å². The van der Waals surface area contributed by atoms with Crippen LogP contribution in [0.5, 0.6) is 0 Å². The van der Waals surface area contributed by atoms with Crippen molar-refractivity contribution in [1.29, 1.82) is 0 Å². The van der Waals surface area contributed by atoms with Crippen molar-refractivity contribution in [3.05, 3.63) is 35.6 Å². The lowest BCUT2D eigenvalue weighted by Gasteiger charge is -2.36. The van der Waals surface area contributed by atoms with Crippen molar-refractivity contribution >= 4 is 17.8 Å². The van der Waals surface area contributed by atoms with Gasteiger partial charge in [-0.3, -0.25) is 14.5 Å². The third-order valence-electron chi connectivity index (χ3n) is 5.21. The minimum absolute atomic E-state index is 0.0602. The summed E-state index contributed by atoms with van der Waals surface area (Å²) < 4.78 is 12.9. The molecule has 25 heavy (non-hydrogen) atoms. The Morgan fingerprint density at radius 3 is 2.72 bits per heavy atom. The van der Waals surface area contributed by atoms with Crippen LogP contribution in [0.1, 0.15) is 38.2 Å². The van der Waals surface area contributed by atoms with Gasteiger partial charge in [-0.25, -0.2) is 9.18 Å². The number of urea groups is 1. The topological polar surface area (TPSA) is 78.5 Å². The van der Waals surface area contributed by atoms with Crippen molar-refractivity contribution < 1.29 is 18.8 Å². The summed E-state index contributed by atoms with van der Waals surface area (Å²) in [5.41, 5.74) is -0.114. The third kappa shape index (κ3) is 3.36. The van der Waals surface area contributed by atoms with Crippen LogP contribution in [0.15, 0.2) is 24.3 Å². The Morgan fingerprint density at radius 2 is 2.04 bits per heavy atom. The summed E-state index contributed by atoms with van der Waals surface area (Å²) in [6.07, 6.45) is 3.44. The molecule has 1 aromatic carbocycles. The maximum absolute atomic E-state index is 12.9. The lowest BCUT2D eigenvalue weighted by molar-refractivity contribution is -0.137. The average molecular weight is 347 g/mol. The van der Waals surface area contributed by atoms with Gasteiger partial charge in [-0.15, -0.1) is 0 Å². The first kappa shape index (κ1) is 17.4. The molecule has 0 radical (unpaired) electrons. The number of benzene rings is 1. The number of amides is 4. The summed E-state index contributed by atoms with van der Waals surface area (Å²) in [5, 5.41) is 5.47. The number of carbonyl (C=O) groups is 3. The van der Waals surface area contributed by atoms with Gasteiger partial charge in [0.2, 0.25) is 5.91 Å². The first-order valence-electron chi connectivity index (χ1n) is 8.57. The van der Waals surface area contributed by atoms with Gasteiger partial charge in [0.15, 0.2) is 0 Å². The number of rotatable bonds is 4. The van der Waals surface area contributed by atoms with E-state index in [1.807, 2.05) is 6.92 Å². The summed E-state index contributed by atoms with van der Waals surface area (Å²) in [6.45, 7) is 1.88. The predicted molar refractivity (Wildman–Crippen MR) is 88.9 cm³/mol. The summed E-state index contributed by atoms with van der Waals surface area (Å²) in [6, 6.07) is 5.26. The Kier molecular flexibility index (Phi) is 4.74. The molecule has 0 aromatic heterocycles. The minimum atomic E-state index is -0.855. The Labute approximate surface area is 145 Å². The molecule has 2 fully saturated rings. The molecule has 0 unspecified atom stereocenters. The van der Waals surface area contributed by atoms with Gasteiger partial charge in [-0.1, -0.05) is 31.9 Å². The number of carbonyl (C=O) groups excluding carboxylic acids is 3. The van der Waals surface area contributed by atoms with E-state index in [0.717, 1.165) is 29.7 Å². The van der Waals surface area contributed by atoms with E-state index < -0.39 is 17.5 Å². The van der Waals surface area contributed by atoms with E-state index in [-0.39, 0.29) is 30.7 Å². The smallest absolute Gasteiger partial charge is 0.325 e. The molecule has 3 rings (SSSR count). The van der Waals surface area contributed by atoms with Crippen LogP contribution in [0.4, 0.5) is 9.18 Å². The Balaban J connectivity index is 1.60. The highest BCUT2D eigenvalue weighted by molar-refractivity contribution is 6.09. The Bertz CT molecular complexity index is 691. The van der Waals surface area contributed by atoms with E-state index in [0.29, 0.717) is 6.42 Å². The molecule has 7 heteroatoms. The van der Waals surface area contributed by atoms with Gasteiger partial charge in [-0.2, -0.15) is 0 Å². The highest BCUT2D eigenvalue weighted by atomic mass is 19.1. The molecule has 1 aromatic rings. The molecule has 2 atom stereocenters. The van der Waals surface area contributed by atoms with Gasteiger partial charge >= 0.3 is 6.03 Å². The second kappa shape index (κ2) is 6.82. The summed E-state index contributed by atoms with van der Waals surface area (Å²) in [7, 11) is 0. The quantitative estimate of drug-likeness (QED) is 0.817. The van der Waals surface area contributed by atoms with Crippen LogP contribution < -0.4 is 10.6 Å². The second-order valence-corrected chi connectivity index (χ2v) is 6.84. The lowest BCUT2D eigenvalue weighted by atomic mass is 9.73. The van der Waals surface area contributed by atoms with Crippen LogP contribution in [0.3, 0.4) is 0 Å². The first-order valence-corrected chi connectivity index (χ1v) is 8.57. The molecular formula is C18H22FN3O3. The predicted octanol–water partition coefficient (Wildman–Crippen LogP) is 1.94.